The van der Waals surface area contributed by atoms with Crippen LogP contribution in [-0.4, -0.2) is 38.1 Å². The summed E-state index contributed by atoms with van der Waals surface area (Å²) in [6.45, 7) is 5.79. The van der Waals surface area contributed by atoms with E-state index in [0.717, 1.165) is 25.1 Å². The number of methoxy groups -OCH3 is 2. The van der Waals surface area contributed by atoms with Crippen molar-refractivity contribution in [3.8, 4) is 11.5 Å². The van der Waals surface area contributed by atoms with Crippen LogP contribution in [0.5, 0.6) is 11.5 Å². The molecule has 1 aromatic carbocycles. The van der Waals surface area contributed by atoms with Crippen LogP contribution >= 0.6 is 0 Å². The van der Waals surface area contributed by atoms with E-state index in [0.29, 0.717) is 23.0 Å². The summed E-state index contributed by atoms with van der Waals surface area (Å²) in [6, 6.07) is 3.65. The lowest BCUT2D eigenvalue weighted by molar-refractivity contribution is 0.0682. The predicted octanol–water partition coefficient (Wildman–Crippen LogP) is 3.61. The molecule has 1 amide bonds. The lowest BCUT2D eigenvalue weighted by Gasteiger charge is -2.31. The van der Waals surface area contributed by atoms with E-state index in [9.17, 15) is 4.79 Å². The molecule has 1 aliphatic heterocycles. The Balaban J connectivity index is 2.37. The molecule has 1 aromatic rings. The van der Waals surface area contributed by atoms with E-state index >= 15 is 0 Å². The van der Waals surface area contributed by atoms with Gasteiger partial charge < -0.3 is 14.4 Å². The Labute approximate surface area is 132 Å². The van der Waals surface area contributed by atoms with Crippen LogP contribution in [0.15, 0.2) is 18.2 Å². The highest BCUT2D eigenvalue weighted by Gasteiger charge is 2.23. The van der Waals surface area contributed by atoms with Crippen molar-refractivity contribution < 1.29 is 14.3 Å². The number of hydrogen-bond acceptors (Lipinski definition) is 3. The van der Waals surface area contributed by atoms with E-state index in [2.05, 4.69) is 6.92 Å². The lowest BCUT2D eigenvalue weighted by atomic mass is 9.99. The van der Waals surface area contributed by atoms with Crippen molar-refractivity contribution in [1.29, 1.82) is 0 Å². The molecule has 0 radical (unpaired) electrons. The molecule has 4 heteroatoms. The zero-order valence-electron chi connectivity index (χ0n) is 13.9. The minimum Gasteiger partial charge on any atom is -0.493 e. The number of amides is 1. The summed E-state index contributed by atoms with van der Waals surface area (Å²) < 4.78 is 10.8. The number of carbonyl (C=O) groups is 1. The fraction of sp³-hybridized carbons (Fsp3) is 0.500. The van der Waals surface area contributed by atoms with Gasteiger partial charge in [-0.25, -0.2) is 0 Å². The van der Waals surface area contributed by atoms with E-state index in [4.69, 9.17) is 9.47 Å². The van der Waals surface area contributed by atoms with Crippen LogP contribution in [0, 0.1) is 5.92 Å². The maximum atomic E-state index is 12.8. The number of carbonyl (C=O) groups excluding carboxylic acids is 1. The lowest BCUT2D eigenvalue weighted by Crippen LogP contribution is -2.39. The zero-order valence-corrected chi connectivity index (χ0v) is 13.9. The van der Waals surface area contributed by atoms with Crippen molar-refractivity contribution in [1.82, 2.24) is 4.90 Å². The molecule has 2 rings (SSSR count). The molecule has 1 atom stereocenters. The topological polar surface area (TPSA) is 38.8 Å². The second-order valence-corrected chi connectivity index (χ2v) is 5.80. The van der Waals surface area contributed by atoms with Crippen molar-refractivity contribution in [3.63, 3.8) is 0 Å². The third-order valence-electron chi connectivity index (χ3n) is 4.05. The summed E-state index contributed by atoms with van der Waals surface area (Å²) in [5.41, 5.74) is 1.51. The molecule has 4 nitrogen and oxygen atoms in total. The van der Waals surface area contributed by atoms with Crippen LogP contribution in [0.4, 0.5) is 0 Å². The van der Waals surface area contributed by atoms with Crippen LogP contribution in [0.2, 0.25) is 0 Å². The number of piperidine rings is 1. The van der Waals surface area contributed by atoms with Gasteiger partial charge in [-0.2, -0.15) is 0 Å². The fourth-order valence-corrected chi connectivity index (χ4v) is 2.98. The molecular weight excluding hydrogens is 278 g/mol. The first kappa shape index (κ1) is 16.4. The number of benzene rings is 1. The first-order chi connectivity index (χ1) is 10.6. The summed E-state index contributed by atoms with van der Waals surface area (Å²) in [5.74, 6) is 1.88. The maximum Gasteiger partial charge on any atom is 0.254 e. The van der Waals surface area contributed by atoms with Gasteiger partial charge in [-0.1, -0.05) is 19.1 Å². The van der Waals surface area contributed by atoms with Crippen molar-refractivity contribution in [2.75, 3.05) is 27.3 Å². The predicted molar refractivity (Wildman–Crippen MR) is 88.6 cm³/mol. The molecule has 0 saturated carbocycles. The monoisotopic (exact) mass is 303 g/mol. The molecule has 1 aliphatic rings. The Morgan fingerprint density at radius 2 is 2.09 bits per heavy atom. The van der Waals surface area contributed by atoms with Gasteiger partial charge in [0.1, 0.15) is 0 Å². The van der Waals surface area contributed by atoms with Gasteiger partial charge in [0.25, 0.3) is 5.91 Å². The molecule has 1 fully saturated rings. The molecule has 0 spiro atoms. The molecule has 0 aromatic heterocycles. The van der Waals surface area contributed by atoms with Crippen molar-refractivity contribution in [2.24, 2.45) is 5.92 Å². The normalized spacial score (nSPS) is 18.5. The van der Waals surface area contributed by atoms with Gasteiger partial charge >= 0.3 is 0 Å². The second kappa shape index (κ2) is 7.34. The summed E-state index contributed by atoms with van der Waals surface area (Å²) in [5, 5.41) is 0. The standard InChI is InChI=1S/C18H25NO3/c1-5-7-14-10-15(11-16(21-3)17(14)22-4)18(20)19-9-6-8-13(2)12-19/h5,7,10-11,13H,6,8-9,12H2,1-4H3/b7-5+. The average Bonchev–Trinajstić information content (AvgIpc) is 2.53. The molecule has 120 valence electrons. The first-order valence-electron chi connectivity index (χ1n) is 7.78. The van der Waals surface area contributed by atoms with Gasteiger partial charge in [0, 0.05) is 24.2 Å². The maximum absolute atomic E-state index is 12.8. The first-order valence-corrected chi connectivity index (χ1v) is 7.78. The van der Waals surface area contributed by atoms with Crippen molar-refractivity contribution in [2.45, 2.75) is 26.7 Å². The van der Waals surface area contributed by atoms with Crippen LogP contribution in [0.3, 0.4) is 0 Å². The van der Waals surface area contributed by atoms with E-state index in [-0.39, 0.29) is 5.91 Å². The van der Waals surface area contributed by atoms with Crippen LogP contribution in [0.25, 0.3) is 6.08 Å². The summed E-state index contributed by atoms with van der Waals surface area (Å²) in [7, 11) is 3.20. The third-order valence-corrected chi connectivity index (χ3v) is 4.05. The average molecular weight is 303 g/mol. The Hall–Kier alpha value is -1.97. The molecule has 0 N–H and O–H groups in total. The van der Waals surface area contributed by atoms with E-state index in [1.165, 1.54) is 6.42 Å². The largest absolute Gasteiger partial charge is 0.493 e. The Morgan fingerprint density at radius 3 is 2.68 bits per heavy atom. The SMILES string of the molecule is C/C=C/c1cc(C(=O)N2CCCC(C)C2)cc(OC)c1OC. The smallest absolute Gasteiger partial charge is 0.254 e. The van der Waals surface area contributed by atoms with E-state index in [1.807, 2.05) is 30.0 Å². The van der Waals surface area contributed by atoms with Gasteiger partial charge in [0.15, 0.2) is 11.5 Å². The van der Waals surface area contributed by atoms with Crippen molar-refractivity contribution >= 4 is 12.0 Å². The number of rotatable bonds is 4. The minimum absolute atomic E-state index is 0.0678. The third kappa shape index (κ3) is 3.43. The number of allylic oxidation sites excluding steroid dienone is 1. The quantitative estimate of drug-likeness (QED) is 0.853. The highest BCUT2D eigenvalue weighted by atomic mass is 16.5. The summed E-state index contributed by atoms with van der Waals surface area (Å²) in [6.07, 6.45) is 6.12. The number of nitrogens with zero attached hydrogens (tertiary/aromatic N) is 1. The zero-order chi connectivity index (χ0) is 16.1. The molecule has 22 heavy (non-hydrogen) atoms. The summed E-state index contributed by atoms with van der Waals surface area (Å²) >= 11 is 0. The minimum atomic E-state index is 0.0678. The number of hydrogen-bond donors (Lipinski definition) is 0. The number of likely N-dealkylation sites (tertiary alicyclic amines) is 1. The van der Waals surface area contributed by atoms with Gasteiger partial charge in [0.2, 0.25) is 0 Å². The highest BCUT2D eigenvalue weighted by molar-refractivity contribution is 5.96. The van der Waals surface area contributed by atoms with E-state index in [1.54, 1.807) is 20.3 Å². The van der Waals surface area contributed by atoms with Crippen molar-refractivity contribution in [3.05, 3.63) is 29.3 Å². The van der Waals surface area contributed by atoms with Gasteiger partial charge in [-0.15, -0.1) is 0 Å². The van der Waals surface area contributed by atoms with Gasteiger partial charge in [0.05, 0.1) is 14.2 Å². The van der Waals surface area contributed by atoms with Crippen LogP contribution in [0.1, 0.15) is 42.6 Å². The van der Waals surface area contributed by atoms with Gasteiger partial charge in [-0.05, 0) is 37.8 Å². The Bertz CT molecular complexity index is 566. The summed E-state index contributed by atoms with van der Waals surface area (Å²) in [4.78, 5) is 14.7. The Kier molecular flexibility index (Phi) is 5.47. The molecule has 1 heterocycles. The molecule has 1 saturated heterocycles. The highest BCUT2D eigenvalue weighted by Crippen LogP contribution is 2.34. The molecule has 1 unspecified atom stereocenters. The second-order valence-electron chi connectivity index (χ2n) is 5.80. The number of ether oxygens (including phenoxy) is 2. The van der Waals surface area contributed by atoms with Crippen LogP contribution in [-0.2, 0) is 0 Å². The Morgan fingerprint density at radius 1 is 1.32 bits per heavy atom. The molecule has 0 bridgehead atoms. The molecular formula is C18H25NO3. The molecule has 0 aliphatic carbocycles. The van der Waals surface area contributed by atoms with E-state index < -0.39 is 0 Å². The van der Waals surface area contributed by atoms with Crippen LogP contribution < -0.4 is 9.47 Å². The van der Waals surface area contributed by atoms with Gasteiger partial charge in [-0.3, -0.25) is 4.79 Å². The fourth-order valence-electron chi connectivity index (χ4n) is 2.98.